The van der Waals surface area contributed by atoms with Crippen LogP contribution in [0, 0.1) is 0 Å². The average Bonchev–Trinajstić information content (AvgIpc) is 3.19. The minimum atomic E-state index is -0.452. The molecule has 0 aliphatic rings. The summed E-state index contributed by atoms with van der Waals surface area (Å²) in [6.07, 6.45) is 0.0999. The SMILES string of the molecule is NC(=O)CCN(Cc1ccccc1)C(=O)CSc1nnc(-c2cccc(Cl)c2)o1. The third-order valence-electron chi connectivity index (χ3n) is 3.99. The molecule has 2 N–H and O–H groups in total. The molecule has 3 aromatic rings. The highest BCUT2D eigenvalue weighted by Crippen LogP contribution is 2.25. The minimum Gasteiger partial charge on any atom is -0.411 e. The number of benzene rings is 2. The van der Waals surface area contributed by atoms with E-state index >= 15 is 0 Å². The van der Waals surface area contributed by atoms with Crippen molar-refractivity contribution in [2.45, 2.75) is 18.2 Å². The van der Waals surface area contributed by atoms with Crippen molar-refractivity contribution in [3.63, 3.8) is 0 Å². The second kappa shape index (κ2) is 10.1. The normalized spacial score (nSPS) is 10.7. The van der Waals surface area contributed by atoms with Crippen LogP contribution >= 0.6 is 23.4 Å². The highest BCUT2D eigenvalue weighted by atomic mass is 35.5. The summed E-state index contributed by atoms with van der Waals surface area (Å²) in [6.45, 7) is 0.645. The quantitative estimate of drug-likeness (QED) is 0.522. The number of amides is 2. The molecule has 0 atom stereocenters. The van der Waals surface area contributed by atoms with Crippen molar-refractivity contribution in [2.24, 2.45) is 5.73 Å². The van der Waals surface area contributed by atoms with Gasteiger partial charge >= 0.3 is 0 Å². The maximum atomic E-state index is 12.7. The molecule has 0 bridgehead atoms. The van der Waals surface area contributed by atoms with Gasteiger partial charge in [0.05, 0.1) is 5.75 Å². The van der Waals surface area contributed by atoms with Crippen LogP contribution < -0.4 is 5.73 Å². The van der Waals surface area contributed by atoms with E-state index in [0.29, 0.717) is 23.0 Å². The lowest BCUT2D eigenvalue weighted by atomic mass is 10.2. The molecular weight excluding hydrogens is 412 g/mol. The number of hydrogen-bond donors (Lipinski definition) is 1. The maximum absolute atomic E-state index is 12.7. The first-order valence-electron chi connectivity index (χ1n) is 8.83. The van der Waals surface area contributed by atoms with Gasteiger partial charge in [-0.1, -0.05) is 59.8 Å². The van der Waals surface area contributed by atoms with Crippen LogP contribution in [0.15, 0.2) is 64.2 Å². The monoisotopic (exact) mass is 430 g/mol. The number of carbonyl (C=O) groups excluding carboxylic acids is 2. The van der Waals surface area contributed by atoms with Gasteiger partial charge in [-0.15, -0.1) is 10.2 Å². The molecule has 1 aromatic heterocycles. The van der Waals surface area contributed by atoms with Crippen molar-refractivity contribution in [3.8, 4) is 11.5 Å². The van der Waals surface area contributed by atoms with E-state index < -0.39 is 5.91 Å². The summed E-state index contributed by atoms with van der Waals surface area (Å²) in [5.74, 6) is -0.172. The Hall–Kier alpha value is -2.84. The number of rotatable bonds is 9. The highest BCUT2D eigenvalue weighted by molar-refractivity contribution is 7.99. The van der Waals surface area contributed by atoms with Crippen LogP contribution in [0.1, 0.15) is 12.0 Å². The molecule has 29 heavy (non-hydrogen) atoms. The van der Waals surface area contributed by atoms with Crippen LogP contribution in [-0.2, 0) is 16.1 Å². The Morgan fingerprint density at radius 3 is 2.62 bits per heavy atom. The van der Waals surface area contributed by atoms with Gasteiger partial charge in [-0.3, -0.25) is 9.59 Å². The van der Waals surface area contributed by atoms with Crippen molar-refractivity contribution >= 4 is 35.2 Å². The van der Waals surface area contributed by atoms with Crippen molar-refractivity contribution in [1.82, 2.24) is 15.1 Å². The van der Waals surface area contributed by atoms with Crippen molar-refractivity contribution < 1.29 is 14.0 Å². The molecule has 7 nitrogen and oxygen atoms in total. The zero-order valence-corrected chi connectivity index (χ0v) is 17.0. The number of carbonyl (C=O) groups is 2. The van der Waals surface area contributed by atoms with E-state index in [1.54, 1.807) is 23.1 Å². The fourth-order valence-electron chi connectivity index (χ4n) is 2.56. The van der Waals surface area contributed by atoms with Gasteiger partial charge in [0.2, 0.25) is 17.7 Å². The topological polar surface area (TPSA) is 102 Å². The van der Waals surface area contributed by atoms with Crippen LogP contribution in [-0.4, -0.2) is 39.2 Å². The van der Waals surface area contributed by atoms with E-state index in [0.717, 1.165) is 17.3 Å². The fourth-order valence-corrected chi connectivity index (χ4v) is 3.42. The maximum Gasteiger partial charge on any atom is 0.277 e. The summed E-state index contributed by atoms with van der Waals surface area (Å²) in [6, 6.07) is 16.6. The van der Waals surface area contributed by atoms with Gasteiger partial charge in [-0.25, -0.2) is 0 Å². The third-order valence-corrected chi connectivity index (χ3v) is 5.03. The van der Waals surface area contributed by atoms with E-state index in [1.165, 1.54) is 0 Å². The molecule has 0 aliphatic carbocycles. The minimum absolute atomic E-state index is 0.0999. The van der Waals surface area contributed by atoms with Gasteiger partial charge in [0.15, 0.2) is 0 Å². The number of nitrogens with zero attached hydrogens (tertiary/aromatic N) is 3. The Bertz CT molecular complexity index is 981. The summed E-state index contributed by atoms with van der Waals surface area (Å²) < 4.78 is 5.61. The Kier molecular flexibility index (Phi) is 7.26. The van der Waals surface area contributed by atoms with Gasteiger partial charge in [-0.05, 0) is 23.8 Å². The van der Waals surface area contributed by atoms with E-state index in [2.05, 4.69) is 10.2 Å². The van der Waals surface area contributed by atoms with Gasteiger partial charge in [0, 0.05) is 30.1 Å². The van der Waals surface area contributed by atoms with Crippen LogP contribution in [0.5, 0.6) is 0 Å². The predicted molar refractivity (Wildman–Crippen MR) is 111 cm³/mol. The Balaban J connectivity index is 1.62. The molecule has 2 aromatic carbocycles. The van der Waals surface area contributed by atoms with Gasteiger partial charge < -0.3 is 15.1 Å². The summed E-state index contributed by atoms with van der Waals surface area (Å²) >= 11 is 7.12. The largest absolute Gasteiger partial charge is 0.411 e. The van der Waals surface area contributed by atoms with Crippen molar-refractivity contribution in [2.75, 3.05) is 12.3 Å². The number of aromatic nitrogens is 2. The van der Waals surface area contributed by atoms with Crippen molar-refractivity contribution in [3.05, 3.63) is 65.2 Å². The molecule has 0 saturated carbocycles. The van der Waals surface area contributed by atoms with Gasteiger partial charge in [-0.2, -0.15) is 0 Å². The second-order valence-corrected chi connectivity index (χ2v) is 7.55. The molecule has 0 saturated heterocycles. The summed E-state index contributed by atoms with van der Waals surface area (Å²) in [4.78, 5) is 25.5. The molecule has 2 amide bonds. The molecule has 0 spiro atoms. The zero-order chi connectivity index (χ0) is 20.6. The van der Waals surface area contributed by atoms with Crippen LogP contribution in [0.3, 0.4) is 0 Å². The Morgan fingerprint density at radius 2 is 1.90 bits per heavy atom. The lowest BCUT2D eigenvalue weighted by Gasteiger charge is -2.22. The average molecular weight is 431 g/mol. The van der Waals surface area contributed by atoms with Gasteiger partial charge in [0.25, 0.3) is 5.22 Å². The predicted octanol–water partition coefficient (Wildman–Crippen LogP) is 3.39. The first kappa shape index (κ1) is 20.9. The first-order valence-corrected chi connectivity index (χ1v) is 10.2. The van der Waals surface area contributed by atoms with E-state index in [9.17, 15) is 9.59 Å². The number of nitrogens with two attached hydrogens (primary N) is 1. The molecule has 9 heteroatoms. The fraction of sp³-hybridized carbons (Fsp3) is 0.200. The summed E-state index contributed by atoms with van der Waals surface area (Å²) in [5.41, 5.74) is 6.92. The van der Waals surface area contributed by atoms with Gasteiger partial charge in [0.1, 0.15) is 0 Å². The van der Waals surface area contributed by atoms with Crippen LogP contribution in [0.4, 0.5) is 0 Å². The lowest BCUT2D eigenvalue weighted by molar-refractivity contribution is -0.129. The number of thioether (sulfide) groups is 1. The molecule has 3 rings (SSSR count). The number of hydrogen-bond acceptors (Lipinski definition) is 6. The van der Waals surface area contributed by atoms with Crippen molar-refractivity contribution in [1.29, 1.82) is 0 Å². The molecule has 0 unspecified atom stereocenters. The summed E-state index contributed by atoms with van der Waals surface area (Å²) in [7, 11) is 0. The molecule has 1 heterocycles. The van der Waals surface area contributed by atoms with E-state index in [1.807, 2.05) is 36.4 Å². The zero-order valence-electron chi connectivity index (χ0n) is 15.5. The molecule has 0 aliphatic heterocycles. The van der Waals surface area contributed by atoms with E-state index in [-0.39, 0.29) is 29.8 Å². The molecule has 0 radical (unpaired) electrons. The number of halogens is 1. The number of primary amides is 1. The smallest absolute Gasteiger partial charge is 0.277 e. The highest BCUT2D eigenvalue weighted by Gasteiger charge is 2.17. The standard InChI is InChI=1S/C20H19ClN4O3S/c21-16-8-4-7-15(11-16)19-23-24-20(28-19)29-13-18(27)25(10-9-17(22)26)12-14-5-2-1-3-6-14/h1-8,11H,9-10,12-13H2,(H2,22,26). The first-order chi connectivity index (χ1) is 14.0. The summed E-state index contributed by atoms with van der Waals surface area (Å²) in [5, 5.41) is 8.81. The van der Waals surface area contributed by atoms with Crippen LogP contribution in [0.2, 0.25) is 5.02 Å². The second-order valence-electron chi connectivity index (χ2n) is 6.19. The lowest BCUT2D eigenvalue weighted by Crippen LogP contribution is -2.34. The molecule has 0 fully saturated rings. The third kappa shape index (κ3) is 6.33. The molecular formula is C20H19ClN4O3S. The molecule has 150 valence electrons. The Labute approximate surface area is 177 Å². The van der Waals surface area contributed by atoms with E-state index in [4.69, 9.17) is 21.8 Å². The Morgan fingerprint density at radius 1 is 1.10 bits per heavy atom. The van der Waals surface area contributed by atoms with Crippen LogP contribution in [0.25, 0.3) is 11.5 Å².